The quantitative estimate of drug-likeness (QED) is 0.628. The summed E-state index contributed by atoms with van der Waals surface area (Å²) >= 11 is 0. The largest absolute Gasteiger partial charge is 0.311 e. The Balaban J connectivity index is 1.69. The van der Waals surface area contributed by atoms with E-state index in [1.807, 2.05) is 0 Å². The van der Waals surface area contributed by atoms with E-state index < -0.39 is 0 Å². The molecule has 0 unspecified atom stereocenters. The Bertz CT molecular complexity index is 127. The van der Waals surface area contributed by atoms with E-state index in [-0.39, 0.29) is 0 Å². The highest BCUT2D eigenvalue weighted by Crippen LogP contribution is 2.50. The molecule has 2 fully saturated rings. The van der Waals surface area contributed by atoms with Crippen molar-refractivity contribution in [1.29, 1.82) is 0 Å². The molecule has 0 radical (unpaired) electrons. The van der Waals surface area contributed by atoms with Crippen LogP contribution in [0.4, 0.5) is 0 Å². The normalized spacial score (nSPS) is 38.7. The molecule has 0 aliphatic heterocycles. The van der Waals surface area contributed by atoms with Gasteiger partial charge in [0.25, 0.3) is 0 Å². The molecule has 1 heteroatoms. The molecular formula is C9H17N. The second-order valence-electron chi connectivity index (χ2n) is 4.16. The van der Waals surface area contributed by atoms with Crippen molar-refractivity contribution in [3.8, 4) is 0 Å². The maximum Gasteiger partial charge on any atom is 0.0104 e. The molecule has 58 valence electrons. The Labute approximate surface area is 63.2 Å². The van der Waals surface area contributed by atoms with E-state index in [0.717, 1.165) is 17.9 Å². The van der Waals surface area contributed by atoms with Gasteiger partial charge in [-0.15, -0.1) is 0 Å². The van der Waals surface area contributed by atoms with Crippen LogP contribution in [0.5, 0.6) is 0 Å². The van der Waals surface area contributed by atoms with E-state index in [1.165, 1.54) is 19.3 Å². The Hall–Kier alpha value is -0.0400. The molecule has 2 rings (SSSR count). The van der Waals surface area contributed by atoms with Gasteiger partial charge in [-0.25, -0.2) is 0 Å². The molecular weight excluding hydrogens is 122 g/mol. The van der Waals surface area contributed by atoms with Gasteiger partial charge in [0, 0.05) is 12.1 Å². The Kier molecular flexibility index (Phi) is 1.48. The lowest BCUT2D eigenvalue weighted by Gasteiger charge is -2.05. The Morgan fingerprint density at radius 2 is 2.00 bits per heavy atom. The summed E-state index contributed by atoms with van der Waals surface area (Å²) < 4.78 is 0. The summed E-state index contributed by atoms with van der Waals surface area (Å²) in [6, 6.07) is 1.58. The van der Waals surface area contributed by atoms with Gasteiger partial charge in [-0.2, -0.15) is 0 Å². The molecule has 0 aromatic heterocycles. The summed E-state index contributed by atoms with van der Waals surface area (Å²) in [6.45, 7) is 4.48. The van der Waals surface area contributed by atoms with Crippen LogP contribution in [0, 0.1) is 11.8 Å². The van der Waals surface area contributed by atoms with Crippen LogP contribution in [-0.2, 0) is 0 Å². The number of nitrogens with one attached hydrogen (secondary N) is 1. The molecule has 0 bridgehead atoms. The molecule has 2 aliphatic rings. The fraction of sp³-hybridized carbons (Fsp3) is 1.00. The highest BCUT2D eigenvalue weighted by atomic mass is 15.0. The van der Waals surface area contributed by atoms with Crippen molar-refractivity contribution in [2.24, 2.45) is 11.8 Å². The second-order valence-corrected chi connectivity index (χ2v) is 4.16. The first-order valence-electron chi connectivity index (χ1n) is 4.53. The summed E-state index contributed by atoms with van der Waals surface area (Å²) in [5.41, 5.74) is 0. The number of hydrogen-bond acceptors (Lipinski definition) is 1. The zero-order chi connectivity index (χ0) is 7.14. The van der Waals surface area contributed by atoms with Crippen LogP contribution in [0.25, 0.3) is 0 Å². The third-order valence-corrected chi connectivity index (χ3v) is 2.61. The van der Waals surface area contributed by atoms with Crippen LogP contribution in [0.1, 0.15) is 33.1 Å². The predicted octanol–water partition coefficient (Wildman–Crippen LogP) is 1.78. The second kappa shape index (κ2) is 2.23. The van der Waals surface area contributed by atoms with E-state index in [1.54, 1.807) is 0 Å². The minimum absolute atomic E-state index is 0.689. The Morgan fingerprint density at radius 1 is 1.30 bits per heavy atom. The standard InChI is InChI=1S/C9H17N/c1-6(2)10-9-5-8(9)7-3-4-7/h6-10H,3-5H2,1-2H3/t8-,9-/m1/s1. The first-order chi connectivity index (χ1) is 4.77. The van der Waals surface area contributed by atoms with E-state index in [2.05, 4.69) is 19.2 Å². The van der Waals surface area contributed by atoms with Crippen molar-refractivity contribution in [3.05, 3.63) is 0 Å². The van der Waals surface area contributed by atoms with Crippen molar-refractivity contribution >= 4 is 0 Å². The van der Waals surface area contributed by atoms with Gasteiger partial charge in [-0.3, -0.25) is 0 Å². The molecule has 1 nitrogen and oxygen atoms in total. The first-order valence-corrected chi connectivity index (χ1v) is 4.53. The van der Waals surface area contributed by atoms with Crippen LogP contribution >= 0.6 is 0 Å². The van der Waals surface area contributed by atoms with Gasteiger partial charge in [0.1, 0.15) is 0 Å². The van der Waals surface area contributed by atoms with Gasteiger partial charge in [-0.05, 0) is 31.1 Å². The minimum atomic E-state index is 0.689. The maximum atomic E-state index is 3.59. The van der Waals surface area contributed by atoms with Crippen LogP contribution in [0.2, 0.25) is 0 Å². The summed E-state index contributed by atoms with van der Waals surface area (Å²) in [4.78, 5) is 0. The van der Waals surface area contributed by atoms with Gasteiger partial charge in [0.2, 0.25) is 0 Å². The van der Waals surface area contributed by atoms with Crippen LogP contribution in [0.3, 0.4) is 0 Å². The molecule has 1 N–H and O–H groups in total. The van der Waals surface area contributed by atoms with Crippen molar-refractivity contribution in [3.63, 3.8) is 0 Å². The monoisotopic (exact) mass is 139 g/mol. The van der Waals surface area contributed by atoms with Crippen molar-refractivity contribution in [2.45, 2.75) is 45.2 Å². The van der Waals surface area contributed by atoms with Crippen LogP contribution in [-0.4, -0.2) is 12.1 Å². The molecule has 0 heterocycles. The molecule has 0 spiro atoms. The molecule has 0 saturated heterocycles. The van der Waals surface area contributed by atoms with E-state index in [9.17, 15) is 0 Å². The van der Waals surface area contributed by atoms with Crippen molar-refractivity contribution in [1.82, 2.24) is 5.32 Å². The fourth-order valence-electron chi connectivity index (χ4n) is 1.88. The van der Waals surface area contributed by atoms with E-state index >= 15 is 0 Å². The molecule has 0 aromatic carbocycles. The van der Waals surface area contributed by atoms with Gasteiger partial charge < -0.3 is 5.32 Å². The highest BCUT2D eigenvalue weighted by molar-refractivity contribution is 5.01. The summed E-state index contributed by atoms with van der Waals surface area (Å²) in [5, 5.41) is 3.59. The SMILES string of the molecule is CC(C)N[C@@H]1C[C@@H]1C1CC1. The van der Waals surface area contributed by atoms with Gasteiger partial charge in [0.15, 0.2) is 0 Å². The van der Waals surface area contributed by atoms with Crippen LogP contribution in [0.15, 0.2) is 0 Å². The van der Waals surface area contributed by atoms with E-state index in [0.29, 0.717) is 6.04 Å². The molecule has 0 aromatic rings. The molecule has 0 amide bonds. The van der Waals surface area contributed by atoms with Gasteiger partial charge in [-0.1, -0.05) is 13.8 Å². The molecule has 2 atom stereocenters. The maximum absolute atomic E-state index is 3.59. The minimum Gasteiger partial charge on any atom is -0.311 e. The average Bonchev–Trinajstić information content (AvgIpc) is 2.49. The third-order valence-electron chi connectivity index (χ3n) is 2.61. The molecule has 2 aliphatic carbocycles. The predicted molar refractivity (Wildman–Crippen MR) is 42.9 cm³/mol. The summed E-state index contributed by atoms with van der Waals surface area (Å²) in [5.74, 6) is 2.19. The summed E-state index contributed by atoms with van der Waals surface area (Å²) in [6.07, 6.45) is 4.49. The lowest BCUT2D eigenvalue weighted by atomic mass is 10.2. The zero-order valence-electron chi connectivity index (χ0n) is 6.93. The Morgan fingerprint density at radius 3 is 2.50 bits per heavy atom. The van der Waals surface area contributed by atoms with Gasteiger partial charge >= 0.3 is 0 Å². The average molecular weight is 139 g/mol. The fourth-order valence-corrected chi connectivity index (χ4v) is 1.88. The first kappa shape index (κ1) is 6.66. The van der Waals surface area contributed by atoms with E-state index in [4.69, 9.17) is 0 Å². The molecule has 10 heavy (non-hydrogen) atoms. The van der Waals surface area contributed by atoms with Crippen molar-refractivity contribution in [2.75, 3.05) is 0 Å². The number of hydrogen-bond donors (Lipinski definition) is 1. The zero-order valence-corrected chi connectivity index (χ0v) is 6.93. The van der Waals surface area contributed by atoms with Gasteiger partial charge in [0.05, 0.1) is 0 Å². The van der Waals surface area contributed by atoms with Crippen LogP contribution < -0.4 is 5.32 Å². The third kappa shape index (κ3) is 1.34. The molecule has 2 saturated carbocycles. The lowest BCUT2D eigenvalue weighted by Crippen LogP contribution is -2.26. The smallest absolute Gasteiger partial charge is 0.0104 e. The number of rotatable bonds is 3. The lowest BCUT2D eigenvalue weighted by molar-refractivity contribution is 0.536. The topological polar surface area (TPSA) is 12.0 Å². The highest BCUT2D eigenvalue weighted by Gasteiger charge is 2.47. The summed E-state index contributed by atoms with van der Waals surface area (Å²) in [7, 11) is 0. The van der Waals surface area contributed by atoms with Crippen molar-refractivity contribution < 1.29 is 0 Å².